The van der Waals surface area contributed by atoms with Crippen molar-refractivity contribution in [3.8, 4) is 17.7 Å². The molecule has 0 aliphatic heterocycles. The van der Waals surface area contributed by atoms with Crippen LogP contribution in [0.1, 0.15) is 27.0 Å². The minimum atomic E-state index is -0.738. The second-order valence-electron chi connectivity index (χ2n) is 6.80. The number of carbonyl (C=O) groups excluding carboxylic acids is 1. The Hall–Kier alpha value is -2.40. The van der Waals surface area contributed by atoms with E-state index in [1.54, 1.807) is 36.4 Å². The number of pyridine rings is 1. The lowest BCUT2D eigenvalue weighted by molar-refractivity contribution is 0.0916. The monoisotopic (exact) mass is 544 g/mol. The van der Waals surface area contributed by atoms with Gasteiger partial charge < -0.3 is 9.84 Å². The summed E-state index contributed by atoms with van der Waals surface area (Å²) in [5.74, 6) is -1.52. The summed E-state index contributed by atoms with van der Waals surface area (Å²) in [6, 6.07) is 10.6. The molecule has 0 saturated carbocycles. The van der Waals surface area contributed by atoms with E-state index in [2.05, 4.69) is 0 Å². The van der Waals surface area contributed by atoms with Crippen LogP contribution in [0.4, 0.5) is 0 Å². The normalized spacial score (nSPS) is 10.7. The zero-order valence-electron chi connectivity index (χ0n) is 16.8. The highest BCUT2D eigenvalue weighted by Gasteiger charge is 2.26. The van der Waals surface area contributed by atoms with Gasteiger partial charge in [-0.15, -0.1) is 0 Å². The number of aromatic nitrogens is 1. The molecule has 33 heavy (non-hydrogen) atoms. The fraction of sp³-hybridized carbons (Fsp3) is 0.136. The van der Waals surface area contributed by atoms with Crippen LogP contribution in [0.25, 0.3) is 0 Å². The Morgan fingerprint density at radius 2 is 1.58 bits per heavy atom. The molecule has 0 saturated heterocycles. The van der Waals surface area contributed by atoms with Gasteiger partial charge in [0, 0.05) is 0 Å². The van der Waals surface area contributed by atoms with E-state index >= 15 is 0 Å². The summed E-state index contributed by atoms with van der Waals surface area (Å²) in [5.41, 5.74) is -0.555. The van der Waals surface area contributed by atoms with Gasteiger partial charge in [0.25, 0.3) is 5.56 Å². The first kappa shape index (κ1) is 25.2. The third kappa shape index (κ3) is 4.79. The van der Waals surface area contributed by atoms with E-state index in [0.717, 1.165) is 4.57 Å². The first-order valence-corrected chi connectivity index (χ1v) is 11.1. The molecule has 0 aliphatic rings. The lowest BCUT2D eigenvalue weighted by Crippen LogP contribution is -2.28. The summed E-state index contributed by atoms with van der Waals surface area (Å²) in [7, 11) is 0. The van der Waals surface area contributed by atoms with Crippen LogP contribution < -0.4 is 10.3 Å². The fourth-order valence-corrected chi connectivity index (χ4v) is 4.35. The topological polar surface area (TPSA) is 92.3 Å². The molecule has 170 valence electrons. The van der Waals surface area contributed by atoms with Gasteiger partial charge in [-0.25, -0.2) is 0 Å². The van der Waals surface area contributed by atoms with Gasteiger partial charge in [-0.3, -0.25) is 14.2 Å². The Labute approximate surface area is 213 Å². The predicted molar refractivity (Wildman–Crippen MR) is 129 cm³/mol. The van der Waals surface area contributed by atoms with Crippen molar-refractivity contribution in [1.29, 1.82) is 5.26 Å². The second kappa shape index (κ2) is 10.3. The number of Topliss-reactive ketones (excluding diaryl/α,β-unsaturated/α-hetero) is 1. The molecular formula is C22H13Cl5N2O4. The molecule has 0 fully saturated rings. The highest BCUT2D eigenvalue weighted by Crippen LogP contribution is 2.48. The van der Waals surface area contributed by atoms with E-state index in [1.807, 2.05) is 0 Å². The number of ketones is 1. The Morgan fingerprint density at radius 3 is 2.12 bits per heavy atom. The molecule has 0 amide bonds. The van der Waals surface area contributed by atoms with Gasteiger partial charge in [0.15, 0.2) is 12.4 Å². The van der Waals surface area contributed by atoms with Gasteiger partial charge >= 0.3 is 0 Å². The molecule has 0 unspecified atom stereocenters. The zero-order valence-corrected chi connectivity index (χ0v) is 20.5. The van der Waals surface area contributed by atoms with Gasteiger partial charge in [-0.2, -0.15) is 5.26 Å². The lowest BCUT2D eigenvalue weighted by atomic mass is 10.0. The average Bonchev–Trinajstić information content (AvgIpc) is 2.80. The van der Waals surface area contributed by atoms with Crippen molar-refractivity contribution in [1.82, 2.24) is 4.57 Å². The van der Waals surface area contributed by atoms with Crippen LogP contribution in [0.2, 0.25) is 25.1 Å². The molecule has 3 aromatic rings. The summed E-state index contributed by atoms with van der Waals surface area (Å²) in [4.78, 5) is 25.8. The Balaban J connectivity index is 2.03. The quantitative estimate of drug-likeness (QED) is 0.222. The van der Waals surface area contributed by atoms with E-state index in [-0.39, 0.29) is 54.1 Å². The highest BCUT2D eigenvalue weighted by molar-refractivity contribution is 6.55. The van der Waals surface area contributed by atoms with Crippen LogP contribution in [0.5, 0.6) is 11.6 Å². The van der Waals surface area contributed by atoms with Gasteiger partial charge in [-0.1, -0.05) is 88.3 Å². The Bertz CT molecular complexity index is 1340. The molecule has 6 nitrogen and oxygen atoms in total. The van der Waals surface area contributed by atoms with E-state index in [4.69, 9.17) is 62.7 Å². The molecule has 11 heteroatoms. The largest absolute Gasteiger partial charge is 0.494 e. The van der Waals surface area contributed by atoms with E-state index in [9.17, 15) is 20.0 Å². The van der Waals surface area contributed by atoms with Crippen molar-refractivity contribution in [2.75, 3.05) is 6.61 Å². The summed E-state index contributed by atoms with van der Waals surface area (Å²) >= 11 is 30.2. The fourth-order valence-electron chi connectivity index (χ4n) is 3.12. The number of hydrogen-bond acceptors (Lipinski definition) is 5. The van der Waals surface area contributed by atoms with Crippen molar-refractivity contribution < 1.29 is 14.6 Å². The van der Waals surface area contributed by atoms with Crippen LogP contribution in [-0.2, 0) is 6.54 Å². The molecule has 1 N–H and O–H groups in total. The average molecular weight is 547 g/mol. The van der Waals surface area contributed by atoms with Gasteiger partial charge in [0.2, 0.25) is 11.7 Å². The maximum absolute atomic E-state index is 13.0. The lowest BCUT2D eigenvalue weighted by Gasteiger charge is -2.17. The number of ether oxygens (including phenoxy) is 1. The summed E-state index contributed by atoms with van der Waals surface area (Å²) < 4.78 is 6.40. The van der Waals surface area contributed by atoms with Gasteiger partial charge in [0.05, 0.1) is 27.2 Å². The van der Waals surface area contributed by atoms with Crippen molar-refractivity contribution >= 4 is 63.8 Å². The van der Waals surface area contributed by atoms with Crippen LogP contribution in [0, 0.1) is 18.3 Å². The zero-order chi connectivity index (χ0) is 24.4. The second-order valence-corrected chi connectivity index (χ2v) is 8.69. The van der Waals surface area contributed by atoms with Crippen molar-refractivity contribution in [3.63, 3.8) is 0 Å². The number of benzene rings is 2. The van der Waals surface area contributed by atoms with Crippen molar-refractivity contribution in [3.05, 3.63) is 88.1 Å². The molecular weight excluding hydrogens is 534 g/mol. The number of nitriles is 1. The maximum Gasteiger partial charge on any atom is 0.271 e. The minimum Gasteiger partial charge on any atom is -0.494 e. The van der Waals surface area contributed by atoms with Gasteiger partial charge in [-0.05, 0) is 18.1 Å². The number of carbonyl (C=O) groups is 1. The Kier molecular flexibility index (Phi) is 7.84. The number of hydrogen-bond donors (Lipinski definition) is 1. The number of rotatable bonds is 6. The van der Waals surface area contributed by atoms with E-state index in [0.29, 0.717) is 5.56 Å². The number of nitrogens with zero attached hydrogens (tertiary/aromatic N) is 2. The third-order valence-electron chi connectivity index (χ3n) is 4.78. The standard InChI is InChI=1S/C22H13Cl5N2O4/c1-10-12(7-28)21(31)29(8-11-5-3-2-4-6-11)22(32)14(10)13(30)9-33-20-18(26)16(24)15(23)17(25)19(20)27/h2-6,32H,8-9H2,1H3. The molecule has 0 aliphatic carbocycles. The number of halogens is 5. The summed E-state index contributed by atoms with van der Waals surface area (Å²) in [6.07, 6.45) is 0. The molecule has 1 heterocycles. The van der Waals surface area contributed by atoms with Crippen LogP contribution in [0.15, 0.2) is 35.1 Å². The third-order valence-corrected chi connectivity index (χ3v) is 7.02. The smallest absolute Gasteiger partial charge is 0.271 e. The van der Waals surface area contributed by atoms with Crippen molar-refractivity contribution in [2.45, 2.75) is 13.5 Å². The van der Waals surface area contributed by atoms with E-state index < -0.39 is 23.8 Å². The molecule has 0 spiro atoms. The Morgan fingerprint density at radius 1 is 1.03 bits per heavy atom. The van der Waals surface area contributed by atoms with Crippen molar-refractivity contribution in [2.24, 2.45) is 0 Å². The molecule has 0 bridgehead atoms. The highest BCUT2D eigenvalue weighted by atomic mass is 35.5. The molecule has 0 radical (unpaired) electrons. The van der Waals surface area contributed by atoms with Gasteiger partial charge in [0.1, 0.15) is 21.7 Å². The SMILES string of the molecule is Cc1c(C(=O)COc2c(Cl)c(Cl)c(Cl)c(Cl)c2Cl)c(O)n(Cc2ccccc2)c(=O)c1C#N. The first-order chi connectivity index (χ1) is 15.6. The molecule has 2 aromatic carbocycles. The molecule has 0 atom stereocenters. The first-order valence-electron chi connectivity index (χ1n) is 9.17. The van der Waals surface area contributed by atoms with Crippen LogP contribution >= 0.6 is 58.0 Å². The minimum absolute atomic E-state index is 0.0160. The van der Waals surface area contributed by atoms with Crippen LogP contribution in [-0.4, -0.2) is 22.1 Å². The van der Waals surface area contributed by atoms with Crippen LogP contribution in [0.3, 0.4) is 0 Å². The maximum atomic E-state index is 13.0. The summed E-state index contributed by atoms with van der Waals surface area (Å²) in [5, 5.41) is 19.7. The number of aromatic hydroxyl groups is 1. The molecule has 1 aromatic heterocycles. The van der Waals surface area contributed by atoms with E-state index in [1.165, 1.54) is 6.92 Å². The molecule has 3 rings (SSSR count). The summed E-state index contributed by atoms with van der Waals surface area (Å²) in [6.45, 7) is 0.675. The predicted octanol–water partition coefficient (Wildman–Crippen LogP) is 6.31.